The van der Waals surface area contributed by atoms with Crippen molar-refractivity contribution in [1.29, 1.82) is 0 Å². The summed E-state index contributed by atoms with van der Waals surface area (Å²) in [6, 6.07) is 7.48. The van der Waals surface area contributed by atoms with Crippen LogP contribution in [0.15, 0.2) is 35.8 Å². The number of amides is 1. The summed E-state index contributed by atoms with van der Waals surface area (Å²) < 4.78 is 17.4. The van der Waals surface area contributed by atoms with Gasteiger partial charge in [0.2, 0.25) is 5.88 Å². The van der Waals surface area contributed by atoms with Gasteiger partial charge in [0.05, 0.1) is 26.3 Å². The van der Waals surface area contributed by atoms with E-state index in [1.165, 1.54) is 11.3 Å². The fraction of sp³-hybridized carbons (Fsp3) is 0.474. The molecule has 2 saturated heterocycles. The lowest BCUT2D eigenvalue weighted by Crippen LogP contribution is -2.66. The summed E-state index contributed by atoms with van der Waals surface area (Å²) in [7, 11) is 0. The molecule has 7 heteroatoms. The van der Waals surface area contributed by atoms with Gasteiger partial charge in [0.15, 0.2) is 0 Å². The van der Waals surface area contributed by atoms with Crippen molar-refractivity contribution in [1.82, 2.24) is 9.88 Å². The molecule has 138 valence electrons. The summed E-state index contributed by atoms with van der Waals surface area (Å²) in [4.78, 5) is 19.5. The zero-order valence-electron chi connectivity index (χ0n) is 14.7. The van der Waals surface area contributed by atoms with Crippen LogP contribution in [-0.4, -0.2) is 54.3 Å². The molecule has 2 aromatic heterocycles. The van der Waals surface area contributed by atoms with E-state index in [0.29, 0.717) is 49.4 Å². The average molecular weight is 374 g/mol. The SMILES string of the molecule is CCOc1ccsc1C(=O)N1CC2(C1)OCC[C@H]2COc1ccccn1. The van der Waals surface area contributed by atoms with Crippen LogP contribution in [0.25, 0.3) is 0 Å². The quantitative estimate of drug-likeness (QED) is 0.778. The van der Waals surface area contributed by atoms with Crippen LogP contribution in [0.5, 0.6) is 11.6 Å². The number of rotatable bonds is 6. The van der Waals surface area contributed by atoms with Crippen molar-refractivity contribution in [3.63, 3.8) is 0 Å². The summed E-state index contributed by atoms with van der Waals surface area (Å²) in [5.41, 5.74) is -0.284. The molecule has 4 heterocycles. The molecule has 0 bridgehead atoms. The van der Waals surface area contributed by atoms with E-state index in [9.17, 15) is 4.79 Å². The summed E-state index contributed by atoms with van der Waals surface area (Å²) >= 11 is 1.42. The zero-order valence-corrected chi connectivity index (χ0v) is 15.5. The number of hydrogen-bond donors (Lipinski definition) is 0. The first-order valence-corrected chi connectivity index (χ1v) is 9.77. The average Bonchev–Trinajstić information content (AvgIpc) is 3.26. The van der Waals surface area contributed by atoms with Crippen LogP contribution in [0.1, 0.15) is 23.0 Å². The summed E-state index contributed by atoms with van der Waals surface area (Å²) in [6.45, 7) is 4.95. The Labute approximate surface area is 156 Å². The van der Waals surface area contributed by atoms with Gasteiger partial charge in [0, 0.05) is 24.8 Å². The Hall–Kier alpha value is -2.12. The number of carbonyl (C=O) groups is 1. The second-order valence-electron chi connectivity index (χ2n) is 6.59. The third-order valence-corrected chi connectivity index (χ3v) is 5.88. The Balaban J connectivity index is 1.37. The molecule has 0 unspecified atom stereocenters. The molecule has 0 aromatic carbocycles. The van der Waals surface area contributed by atoms with Gasteiger partial charge >= 0.3 is 0 Å². The van der Waals surface area contributed by atoms with Gasteiger partial charge in [-0.3, -0.25) is 4.79 Å². The van der Waals surface area contributed by atoms with E-state index in [-0.39, 0.29) is 17.4 Å². The van der Waals surface area contributed by atoms with E-state index in [4.69, 9.17) is 14.2 Å². The molecule has 0 radical (unpaired) electrons. The van der Waals surface area contributed by atoms with Gasteiger partial charge in [0.25, 0.3) is 5.91 Å². The fourth-order valence-electron chi connectivity index (χ4n) is 3.60. The molecule has 26 heavy (non-hydrogen) atoms. The smallest absolute Gasteiger partial charge is 0.267 e. The van der Waals surface area contributed by atoms with E-state index in [1.807, 2.05) is 41.5 Å². The monoisotopic (exact) mass is 374 g/mol. The lowest BCUT2D eigenvalue weighted by atomic mass is 9.81. The molecule has 2 aromatic rings. The zero-order chi connectivity index (χ0) is 18.0. The molecule has 1 spiro atoms. The number of pyridine rings is 1. The van der Waals surface area contributed by atoms with Gasteiger partial charge in [-0.25, -0.2) is 4.98 Å². The number of carbonyl (C=O) groups excluding carboxylic acids is 1. The maximum atomic E-state index is 12.8. The van der Waals surface area contributed by atoms with E-state index in [0.717, 1.165) is 6.42 Å². The van der Waals surface area contributed by atoms with E-state index in [2.05, 4.69) is 4.98 Å². The third-order valence-electron chi connectivity index (χ3n) is 5.00. The Morgan fingerprint density at radius 3 is 3.04 bits per heavy atom. The minimum absolute atomic E-state index is 0.0222. The molecule has 2 aliphatic rings. The molecular formula is C19H22N2O4S. The predicted octanol–water partition coefficient (Wildman–Crippen LogP) is 2.85. The highest BCUT2D eigenvalue weighted by atomic mass is 32.1. The standard InChI is InChI=1S/C19H22N2O4S/c1-2-23-15-7-10-26-17(15)18(22)21-12-19(13-21)14(6-9-25-19)11-24-16-5-3-4-8-20-16/h3-5,7-8,10,14H,2,6,9,11-13H2,1H3/t14-/m0/s1. The van der Waals surface area contributed by atoms with Crippen LogP contribution < -0.4 is 9.47 Å². The minimum Gasteiger partial charge on any atom is -0.492 e. The number of nitrogens with zero attached hydrogens (tertiary/aromatic N) is 2. The van der Waals surface area contributed by atoms with E-state index < -0.39 is 0 Å². The minimum atomic E-state index is -0.284. The predicted molar refractivity (Wildman–Crippen MR) is 97.9 cm³/mol. The third kappa shape index (κ3) is 3.17. The number of thiophene rings is 1. The normalized spacial score (nSPS) is 20.8. The number of aromatic nitrogens is 1. The summed E-state index contributed by atoms with van der Waals surface area (Å²) in [5, 5.41) is 1.89. The summed E-state index contributed by atoms with van der Waals surface area (Å²) in [5.74, 6) is 1.59. The highest BCUT2D eigenvalue weighted by molar-refractivity contribution is 7.12. The van der Waals surface area contributed by atoms with Crippen molar-refractivity contribution in [2.45, 2.75) is 18.9 Å². The van der Waals surface area contributed by atoms with Crippen LogP contribution in [0, 0.1) is 5.92 Å². The molecular weight excluding hydrogens is 352 g/mol. The first kappa shape index (κ1) is 17.3. The highest BCUT2D eigenvalue weighted by Gasteiger charge is 2.55. The largest absolute Gasteiger partial charge is 0.492 e. The van der Waals surface area contributed by atoms with Crippen molar-refractivity contribution >= 4 is 17.2 Å². The topological polar surface area (TPSA) is 60.9 Å². The van der Waals surface area contributed by atoms with Crippen LogP contribution in [0.3, 0.4) is 0 Å². The lowest BCUT2D eigenvalue weighted by molar-refractivity contribution is -0.122. The van der Waals surface area contributed by atoms with Gasteiger partial charge in [0.1, 0.15) is 16.2 Å². The van der Waals surface area contributed by atoms with Gasteiger partial charge in [-0.1, -0.05) is 6.07 Å². The number of likely N-dealkylation sites (tertiary alicyclic amines) is 1. The van der Waals surface area contributed by atoms with E-state index >= 15 is 0 Å². The van der Waals surface area contributed by atoms with Gasteiger partial charge in [-0.15, -0.1) is 11.3 Å². The molecule has 0 aliphatic carbocycles. The molecule has 1 amide bonds. The maximum absolute atomic E-state index is 12.8. The van der Waals surface area contributed by atoms with Crippen LogP contribution in [0.2, 0.25) is 0 Å². The second-order valence-corrected chi connectivity index (χ2v) is 7.50. The Kier molecular flexibility index (Phi) is 4.82. The molecule has 0 saturated carbocycles. The first-order chi connectivity index (χ1) is 12.7. The highest BCUT2D eigenvalue weighted by Crippen LogP contribution is 2.41. The van der Waals surface area contributed by atoms with Crippen molar-refractivity contribution in [2.75, 3.05) is 32.9 Å². The van der Waals surface area contributed by atoms with Crippen molar-refractivity contribution < 1.29 is 19.0 Å². The first-order valence-electron chi connectivity index (χ1n) is 8.89. The Morgan fingerprint density at radius 2 is 2.27 bits per heavy atom. The number of ether oxygens (including phenoxy) is 3. The molecule has 4 rings (SSSR count). The maximum Gasteiger partial charge on any atom is 0.267 e. The van der Waals surface area contributed by atoms with Crippen molar-refractivity contribution in [3.8, 4) is 11.6 Å². The molecule has 1 atom stereocenters. The Morgan fingerprint density at radius 1 is 1.38 bits per heavy atom. The molecule has 2 fully saturated rings. The molecule has 6 nitrogen and oxygen atoms in total. The van der Waals surface area contributed by atoms with Crippen LogP contribution in [0.4, 0.5) is 0 Å². The lowest BCUT2D eigenvalue weighted by Gasteiger charge is -2.49. The van der Waals surface area contributed by atoms with Crippen molar-refractivity contribution in [2.24, 2.45) is 5.92 Å². The molecule has 0 N–H and O–H groups in total. The van der Waals surface area contributed by atoms with Crippen molar-refractivity contribution in [3.05, 3.63) is 40.7 Å². The molecule has 2 aliphatic heterocycles. The second kappa shape index (κ2) is 7.25. The van der Waals surface area contributed by atoms with Gasteiger partial charge in [-0.2, -0.15) is 0 Å². The Bertz CT molecular complexity index is 758. The number of hydrogen-bond acceptors (Lipinski definition) is 6. The summed E-state index contributed by atoms with van der Waals surface area (Å²) in [6.07, 6.45) is 2.66. The van der Waals surface area contributed by atoms with E-state index in [1.54, 1.807) is 6.20 Å². The van der Waals surface area contributed by atoms with Crippen LogP contribution in [-0.2, 0) is 4.74 Å². The fourth-order valence-corrected chi connectivity index (χ4v) is 4.40. The van der Waals surface area contributed by atoms with Gasteiger partial charge < -0.3 is 19.1 Å². The van der Waals surface area contributed by atoms with Crippen LogP contribution >= 0.6 is 11.3 Å². The van der Waals surface area contributed by atoms with Gasteiger partial charge in [-0.05, 0) is 30.9 Å².